The van der Waals surface area contributed by atoms with Gasteiger partial charge in [-0.15, -0.1) is 0 Å². The van der Waals surface area contributed by atoms with Gasteiger partial charge in [0.1, 0.15) is 5.75 Å². The molecule has 0 spiro atoms. The fraction of sp³-hybridized carbons (Fsp3) is 0.0833. The molecule has 0 bridgehead atoms. The molecule has 1 heterocycles. The number of hydrogen-bond acceptors (Lipinski definition) is 2. The van der Waals surface area contributed by atoms with Crippen molar-refractivity contribution in [2.45, 2.75) is 6.92 Å². The first-order valence-corrected chi connectivity index (χ1v) is 5.40. The Morgan fingerprint density at radius 1 is 1.13 bits per heavy atom. The van der Waals surface area contributed by atoms with Crippen LogP contribution in [0.1, 0.15) is 5.56 Å². The van der Waals surface area contributed by atoms with E-state index >= 15 is 0 Å². The zero-order chi connectivity index (χ0) is 10.7. The molecule has 76 valence electrons. The largest absolute Gasteiger partial charge is 0.438 e. The van der Waals surface area contributed by atoms with Gasteiger partial charge in [0.05, 0.1) is 4.47 Å². The van der Waals surface area contributed by atoms with Crippen LogP contribution in [0.4, 0.5) is 0 Å². The molecular formula is C12H10BrNO. The van der Waals surface area contributed by atoms with E-state index in [9.17, 15) is 0 Å². The smallest absolute Gasteiger partial charge is 0.222 e. The summed E-state index contributed by atoms with van der Waals surface area (Å²) in [4.78, 5) is 4.17. The summed E-state index contributed by atoms with van der Waals surface area (Å²) in [6.07, 6.45) is 1.72. The van der Waals surface area contributed by atoms with E-state index in [1.807, 2.05) is 43.3 Å². The molecule has 0 aliphatic rings. The third kappa shape index (κ3) is 2.36. The number of hydrogen-bond donors (Lipinski definition) is 0. The second-order valence-corrected chi connectivity index (χ2v) is 4.01. The van der Waals surface area contributed by atoms with Gasteiger partial charge in [-0.1, -0.05) is 18.2 Å². The number of rotatable bonds is 2. The summed E-state index contributed by atoms with van der Waals surface area (Å²) in [5.41, 5.74) is 1.02. The molecule has 1 aromatic carbocycles. The Labute approximate surface area is 97.1 Å². The zero-order valence-electron chi connectivity index (χ0n) is 8.27. The summed E-state index contributed by atoms with van der Waals surface area (Å²) < 4.78 is 6.61. The first-order chi connectivity index (χ1) is 7.27. The van der Waals surface area contributed by atoms with Crippen LogP contribution in [0.15, 0.2) is 47.1 Å². The number of aryl methyl sites for hydroxylation is 1. The zero-order valence-corrected chi connectivity index (χ0v) is 9.86. The fourth-order valence-corrected chi connectivity index (χ4v) is 1.58. The van der Waals surface area contributed by atoms with Gasteiger partial charge in [-0.2, -0.15) is 0 Å². The van der Waals surface area contributed by atoms with E-state index in [1.165, 1.54) is 0 Å². The molecule has 15 heavy (non-hydrogen) atoms. The van der Waals surface area contributed by atoms with Gasteiger partial charge < -0.3 is 4.74 Å². The highest BCUT2D eigenvalue weighted by Gasteiger charge is 2.04. The van der Waals surface area contributed by atoms with E-state index in [4.69, 9.17) is 4.74 Å². The lowest BCUT2D eigenvalue weighted by molar-refractivity contribution is 0.456. The van der Waals surface area contributed by atoms with Crippen molar-refractivity contribution in [2.24, 2.45) is 0 Å². The molecule has 0 saturated heterocycles. The maximum atomic E-state index is 5.68. The van der Waals surface area contributed by atoms with Gasteiger partial charge in [0.25, 0.3) is 0 Å². The van der Waals surface area contributed by atoms with Crippen LogP contribution in [0.25, 0.3) is 0 Å². The number of halogens is 1. The molecule has 0 saturated carbocycles. The van der Waals surface area contributed by atoms with E-state index in [-0.39, 0.29) is 0 Å². The van der Waals surface area contributed by atoms with Gasteiger partial charge in [0.15, 0.2) is 0 Å². The van der Waals surface area contributed by atoms with Crippen LogP contribution in [0.3, 0.4) is 0 Å². The Morgan fingerprint density at radius 2 is 1.93 bits per heavy atom. The molecule has 0 unspecified atom stereocenters. The quantitative estimate of drug-likeness (QED) is 0.819. The average Bonchev–Trinajstić information content (AvgIpc) is 2.24. The normalized spacial score (nSPS) is 10.0. The number of pyridine rings is 1. The minimum absolute atomic E-state index is 0.643. The molecule has 0 N–H and O–H groups in total. The lowest BCUT2D eigenvalue weighted by Crippen LogP contribution is -1.90. The highest BCUT2D eigenvalue weighted by Crippen LogP contribution is 2.29. The number of nitrogens with zero attached hydrogens (tertiary/aromatic N) is 1. The van der Waals surface area contributed by atoms with E-state index < -0.39 is 0 Å². The third-order valence-corrected chi connectivity index (χ3v) is 2.66. The van der Waals surface area contributed by atoms with Crippen molar-refractivity contribution < 1.29 is 4.74 Å². The molecule has 0 aliphatic heterocycles. The molecule has 1 aromatic heterocycles. The van der Waals surface area contributed by atoms with Gasteiger partial charge in [0.2, 0.25) is 5.88 Å². The molecule has 2 rings (SSSR count). The Kier molecular flexibility index (Phi) is 3.02. The minimum atomic E-state index is 0.643. The van der Waals surface area contributed by atoms with E-state index in [0.29, 0.717) is 5.88 Å². The predicted molar refractivity (Wildman–Crippen MR) is 63.2 cm³/mol. The molecular weight excluding hydrogens is 254 g/mol. The number of aromatic nitrogens is 1. The topological polar surface area (TPSA) is 22.1 Å². The van der Waals surface area contributed by atoms with Crippen molar-refractivity contribution in [1.29, 1.82) is 0 Å². The lowest BCUT2D eigenvalue weighted by Gasteiger charge is -2.07. The van der Waals surface area contributed by atoms with Gasteiger partial charge in [0, 0.05) is 11.8 Å². The summed E-state index contributed by atoms with van der Waals surface area (Å²) in [5.74, 6) is 1.42. The van der Waals surface area contributed by atoms with Crippen molar-refractivity contribution in [2.75, 3.05) is 0 Å². The molecule has 0 fully saturated rings. The fourth-order valence-electron chi connectivity index (χ4n) is 1.21. The summed E-state index contributed by atoms with van der Waals surface area (Å²) >= 11 is 3.43. The van der Waals surface area contributed by atoms with Crippen LogP contribution in [0, 0.1) is 6.92 Å². The molecule has 0 amide bonds. The Hall–Kier alpha value is -1.35. The molecule has 2 aromatic rings. The highest BCUT2D eigenvalue weighted by molar-refractivity contribution is 9.10. The van der Waals surface area contributed by atoms with Crippen LogP contribution in [-0.2, 0) is 0 Å². The van der Waals surface area contributed by atoms with Crippen molar-refractivity contribution in [3.63, 3.8) is 0 Å². The Bertz CT molecular complexity index is 427. The Balaban J connectivity index is 2.30. The summed E-state index contributed by atoms with van der Waals surface area (Å²) in [5, 5.41) is 0. The van der Waals surface area contributed by atoms with Crippen molar-refractivity contribution in [1.82, 2.24) is 4.98 Å². The molecule has 0 radical (unpaired) electrons. The SMILES string of the molecule is Cc1cccnc1Oc1ccccc1Br. The highest BCUT2D eigenvalue weighted by atomic mass is 79.9. The molecule has 0 atom stereocenters. The van der Waals surface area contributed by atoms with E-state index in [0.717, 1.165) is 15.8 Å². The summed E-state index contributed by atoms with van der Waals surface area (Å²) in [6.45, 7) is 1.97. The van der Waals surface area contributed by atoms with E-state index in [2.05, 4.69) is 20.9 Å². The maximum absolute atomic E-state index is 5.68. The summed E-state index contributed by atoms with van der Waals surface area (Å²) in [7, 11) is 0. The second kappa shape index (κ2) is 4.45. The maximum Gasteiger partial charge on any atom is 0.222 e. The first-order valence-electron chi connectivity index (χ1n) is 4.61. The summed E-state index contributed by atoms with van der Waals surface area (Å²) in [6, 6.07) is 11.6. The second-order valence-electron chi connectivity index (χ2n) is 3.16. The van der Waals surface area contributed by atoms with Gasteiger partial charge in [-0.05, 0) is 41.1 Å². The van der Waals surface area contributed by atoms with Crippen LogP contribution in [-0.4, -0.2) is 4.98 Å². The van der Waals surface area contributed by atoms with Crippen LogP contribution in [0.2, 0.25) is 0 Å². The molecule has 2 nitrogen and oxygen atoms in total. The standard InChI is InChI=1S/C12H10BrNO/c1-9-5-4-8-14-12(9)15-11-7-3-2-6-10(11)13/h2-8H,1H3. The predicted octanol–water partition coefficient (Wildman–Crippen LogP) is 3.94. The van der Waals surface area contributed by atoms with Crippen LogP contribution >= 0.6 is 15.9 Å². The average molecular weight is 264 g/mol. The molecule has 3 heteroatoms. The van der Waals surface area contributed by atoms with Crippen LogP contribution in [0.5, 0.6) is 11.6 Å². The van der Waals surface area contributed by atoms with Gasteiger partial charge in [-0.3, -0.25) is 0 Å². The van der Waals surface area contributed by atoms with Crippen molar-refractivity contribution >= 4 is 15.9 Å². The van der Waals surface area contributed by atoms with Crippen LogP contribution < -0.4 is 4.74 Å². The number of ether oxygens (including phenoxy) is 1. The number of benzene rings is 1. The van der Waals surface area contributed by atoms with Gasteiger partial charge in [-0.25, -0.2) is 4.98 Å². The monoisotopic (exact) mass is 263 g/mol. The lowest BCUT2D eigenvalue weighted by atomic mass is 10.3. The third-order valence-electron chi connectivity index (χ3n) is 2.00. The van der Waals surface area contributed by atoms with Gasteiger partial charge >= 0.3 is 0 Å². The minimum Gasteiger partial charge on any atom is -0.438 e. The van der Waals surface area contributed by atoms with E-state index in [1.54, 1.807) is 6.20 Å². The van der Waals surface area contributed by atoms with Crippen molar-refractivity contribution in [3.8, 4) is 11.6 Å². The molecule has 0 aliphatic carbocycles. The Morgan fingerprint density at radius 3 is 2.67 bits per heavy atom. The number of para-hydroxylation sites is 1. The van der Waals surface area contributed by atoms with Crippen molar-refractivity contribution in [3.05, 3.63) is 52.6 Å². The first kappa shape index (κ1) is 10.2.